The van der Waals surface area contributed by atoms with Crippen LogP contribution in [-0.2, 0) is 0 Å². The van der Waals surface area contributed by atoms with Crippen molar-refractivity contribution in [2.75, 3.05) is 5.75 Å². The zero-order chi connectivity index (χ0) is 8.74. The molecule has 1 aliphatic carbocycles. The second kappa shape index (κ2) is 5.93. The van der Waals surface area contributed by atoms with E-state index in [1.165, 1.54) is 32.1 Å². The van der Waals surface area contributed by atoms with E-state index in [9.17, 15) is 0 Å². The lowest BCUT2D eigenvalue weighted by Crippen LogP contribution is -2.21. The first-order valence-corrected chi connectivity index (χ1v) is 5.51. The number of hydrogen-bond donors (Lipinski definition) is 1. The molecule has 0 radical (unpaired) electrons. The Morgan fingerprint density at radius 1 is 1.09 bits per heavy atom. The van der Waals surface area contributed by atoms with Crippen LogP contribution in [0.1, 0.15) is 52.9 Å². The van der Waals surface area contributed by atoms with Crippen LogP contribution in [0.25, 0.3) is 0 Å². The Kier molecular flexibility index (Phi) is 6.12. The molecular weight excluding hydrogens is 152 g/mol. The molecule has 0 atom stereocenters. The third kappa shape index (κ3) is 4.05. The van der Waals surface area contributed by atoms with E-state index in [1.54, 1.807) is 0 Å². The van der Waals surface area contributed by atoms with Crippen molar-refractivity contribution in [3.63, 3.8) is 0 Å². The molecule has 0 unspecified atom stereocenters. The fourth-order valence-corrected chi connectivity index (χ4v) is 1.88. The number of rotatable bonds is 1. The molecule has 11 heavy (non-hydrogen) atoms. The van der Waals surface area contributed by atoms with Crippen molar-refractivity contribution in [2.24, 2.45) is 5.41 Å². The molecule has 1 saturated carbocycles. The molecule has 0 nitrogen and oxygen atoms in total. The summed E-state index contributed by atoms with van der Waals surface area (Å²) in [6, 6.07) is 0. The SMILES string of the molecule is CC.CC1(CS)CCCCC1. The van der Waals surface area contributed by atoms with Gasteiger partial charge in [0.05, 0.1) is 0 Å². The van der Waals surface area contributed by atoms with Crippen LogP contribution in [0, 0.1) is 5.41 Å². The summed E-state index contributed by atoms with van der Waals surface area (Å²) in [5.41, 5.74) is 0.585. The molecule has 1 rings (SSSR count). The molecule has 0 N–H and O–H groups in total. The minimum absolute atomic E-state index is 0.585. The van der Waals surface area contributed by atoms with Crippen molar-refractivity contribution in [3.8, 4) is 0 Å². The van der Waals surface area contributed by atoms with Crippen LogP contribution in [0.3, 0.4) is 0 Å². The molecule has 0 amide bonds. The largest absolute Gasteiger partial charge is 0.179 e. The fraction of sp³-hybridized carbons (Fsp3) is 1.00. The van der Waals surface area contributed by atoms with Crippen LogP contribution in [0.2, 0.25) is 0 Å². The molecule has 68 valence electrons. The Morgan fingerprint density at radius 3 is 1.82 bits per heavy atom. The van der Waals surface area contributed by atoms with Crippen molar-refractivity contribution >= 4 is 12.6 Å². The monoisotopic (exact) mass is 174 g/mol. The summed E-state index contributed by atoms with van der Waals surface area (Å²) in [7, 11) is 0. The summed E-state index contributed by atoms with van der Waals surface area (Å²) < 4.78 is 0. The van der Waals surface area contributed by atoms with E-state index >= 15 is 0 Å². The van der Waals surface area contributed by atoms with Gasteiger partial charge in [0.2, 0.25) is 0 Å². The minimum atomic E-state index is 0.585. The topological polar surface area (TPSA) is 0 Å². The second-order valence-corrected chi connectivity index (χ2v) is 3.85. The maximum Gasteiger partial charge on any atom is -0.00438 e. The maximum atomic E-state index is 4.35. The molecule has 1 heteroatoms. The normalized spacial score (nSPS) is 21.8. The zero-order valence-corrected chi connectivity index (χ0v) is 9.08. The van der Waals surface area contributed by atoms with Crippen molar-refractivity contribution < 1.29 is 0 Å². The zero-order valence-electron chi connectivity index (χ0n) is 8.19. The van der Waals surface area contributed by atoms with Crippen LogP contribution in [0.5, 0.6) is 0 Å². The summed E-state index contributed by atoms with van der Waals surface area (Å²) >= 11 is 4.35. The van der Waals surface area contributed by atoms with Gasteiger partial charge in [0, 0.05) is 0 Å². The van der Waals surface area contributed by atoms with Gasteiger partial charge >= 0.3 is 0 Å². The average molecular weight is 174 g/mol. The lowest BCUT2D eigenvalue weighted by atomic mass is 9.77. The highest BCUT2D eigenvalue weighted by atomic mass is 32.1. The van der Waals surface area contributed by atoms with Crippen molar-refractivity contribution in [3.05, 3.63) is 0 Å². The minimum Gasteiger partial charge on any atom is -0.179 e. The van der Waals surface area contributed by atoms with E-state index in [1.807, 2.05) is 13.8 Å². The van der Waals surface area contributed by atoms with Gasteiger partial charge < -0.3 is 0 Å². The molecule has 0 saturated heterocycles. The number of thiol groups is 1. The van der Waals surface area contributed by atoms with E-state index in [-0.39, 0.29) is 0 Å². The van der Waals surface area contributed by atoms with E-state index in [0.29, 0.717) is 5.41 Å². The quantitative estimate of drug-likeness (QED) is 0.572. The standard InChI is InChI=1S/C8H16S.C2H6/c1-8(7-9)5-3-2-4-6-8;1-2/h9H,2-7H2,1H3;1-2H3. The Balaban J connectivity index is 0.000000461. The Bertz CT molecular complexity index is 82.9. The first-order valence-electron chi connectivity index (χ1n) is 4.88. The highest BCUT2D eigenvalue weighted by Crippen LogP contribution is 2.36. The van der Waals surface area contributed by atoms with Gasteiger partial charge in [0.15, 0.2) is 0 Å². The Morgan fingerprint density at radius 2 is 1.55 bits per heavy atom. The maximum absolute atomic E-state index is 4.35. The molecule has 0 heterocycles. The van der Waals surface area contributed by atoms with Crippen LogP contribution < -0.4 is 0 Å². The van der Waals surface area contributed by atoms with Crippen LogP contribution in [0.15, 0.2) is 0 Å². The fourth-order valence-electron chi connectivity index (χ4n) is 1.56. The summed E-state index contributed by atoms with van der Waals surface area (Å²) in [6.07, 6.45) is 7.10. The molecular formula is C10H22S. The first kappa shape index (κ1) is 11.4. The van der Waals surface area contributed by atoms with Gasteiger partial charge in [-0.25, -0.2) is 0 Å². The van der Waals surface area contributed by atoms with Crippen LogP contribution in [0.4, 0.5) is 0 Å². The van der Waals surface area contributed by atoms with E-state index in [4.69, 9.17) is 0 Å². The summed E-state index contributed by atoms with van der Waals surface area (Å²) in [6.45, 7) is 6.36. The van der Waals surface area contributed by atoms with Gasteiger partial charge in [-0.15, -0.1) is 0 Å². The smallest absolute Gasteiger partial charge is 0.00438 e. The predicted molar refractivity (Wildman–Crippen MR) is 56.4 cm³/mol. The highest BCUT2D eigenvalue weighted by molar-refractivity contribution is 7.80. The Hall–Kier alpha value is 0.350. The molecule has 0 aromatic rings. The number of hydrogen-bond acceptors (Lipinski definition) is 1. The second-order valence-electron chi connectivity index (χ2n) is 3.53. The van der Waals surface area contributed by atoms with Crippen molar-refractivity contribution in [1.29, 1.82) is 0 Å². The van der Waals surface area contributed by atoms with E-state index in [2.05, 4.69) is 19.6 Å². The summed E-state index contributed by atoms with van der Waals surface area (Å²) in [5.74, 6) is 1.08. The highest BCUT2D eigenvalue weighted by Gasteiger charge is 2.24. The predicted octanol–water partition coefficient (Wildman–Crippen LogP) is 3.91. The molecule has 0 aliphatic heterocycles. The lowest BCUT2D eigenvalue weighted by Gasteiger charge is -2.31. The van der Waals surface area contributed by atoms with Crippen LogP contribution in [-0.4, -0.2) is 5.75 Å². The van der Waals surface area contributed by atoms with Crippen molar-refractivity contribution in [1.82, 2.24) is 0 Å². The molecule has 1 fully saturated rings. The third-order valence-electron chi connectivity index (χ3n) is 2.44. The van der Waals surface area contributed by atoms with Gasteiger partial charge in [0.25, 0.3) is 0 Å². The van der Waals surface area contributed by atoms with Gasteiger partial charge in [-0.2, -0.15) is 12.6 Å². The average Bonchev–Trinajstić information content (AvgIpc) is 2.10. The molecule has 1 aliphatic rings. The van der Waals surface area contributed by atoms with Crippen LogP contribution >= 0.6 is 12.6 Å². The summed E-state index contributed by atoms with van der Waals surface area (Å²) in [4.78, 5) is 0. The van der Waals surface area contributed by atoms with E-state index < -0.39 is 0 Å². The first-order chi connectivity index (χ1) is 5.27. The molecule has 0 bridgehead atoms. The summed E-state index contributed by atoms with van der Waals surface area (Å²) in [5, 5.41) is 0. The van der Waals surface area contributed by atoms with Gasteiger partial charge in [-0.1, -0.05) is 40.0 Å². The molecule has 0 spiro atoms. The van der Waals surface area contributed by atoms with E-state index in [0.717, 1.165) is 5.75 Å². The third-order valence-corrected chi connectivity index (χ3v) is 3.21. The van der Waals surface area contributed by atoms with Gasteiger partial charge in [-0.3, -0.25) is 0 Å². The van der Waals surface area contributed by atoms with Gasteiger partial charge in [-0.05, 0) is 24.0 Å². The van der Waals surface area contributed by atoms with Crippen molar-refractivity contribution in [2.45, 2.75) is 52.9 Å². The molecule has 0 aromatic carbocycles. The van der Waals surface area contributed by atoms with Gasteiger partial charge in [0.1, 0.15) is 0 Å². The Labute approximate surface area is 77.2 Å². The molecule has 0 aromatic heterocycles. The lowest BCUT2D eigenvalue weighted by molar-refractivity contribution is 0.252.